The topological polar surface area (TPSA) is 64.3 Å². The van der Waals surface area contributed by atoms with Gasteiger partial charge in [-0.1, -0.05) is 11.3 Å². The quantitative estimate of drug-likeness (QED) is 0.786. The van der Waals surface area contributed by atoms with Gasteiger partial charge >= 0.3 is 0 Å². The van der Waals surface area contributed by atoms with Gasteiger partial charge in [0.2, 0.25) is 10.3 Å². The van der Waals surface area contributed by atoms with Gasteiger partial charge in [-0.05, 0) is 12.8 Å². The van der Waals surface area contributed by atoms with Crippen LogP contribution in [0, 0.1) is 0 Å². The summed E-state index contributed by atoms with van der Waals surface area (Å²) in [4.78, 5) is 2.21. The van der Waals surface area contributed by atoms with E-state index >= 15 is 0 Å². The Bertz CT molecular complexity index is 295. The van der Waals surface area contributed by atoms with Crippen molar-refractivity contribution in [1.29, 1.82) is 0 Å². The molecule has 14 heavy (non-hydrogen) atoms. The largest absolute Gasteiger partial charge is 0.381 e. The van der Waals surface area contributed by atoms with Gasteiger partial charge in [0.05, 0.1) is 6.10 Å². The van der Waals surface area contributed by atoms with Gasteiger partial charge in [-0.3, -0.25) is 0 Å². The molecule has 1 aliphatic heterocycles. The number of nitrogens with two attached hydrogens (primary N) is 1. The first-order valence-corrected chi connectivity index (χ1v) is 5.48. The highest BCUT2D eigenvalue weighted by molar-refractivity contribution is 7.18. The molecule has 1 fully saturated rings. The Balaban J connectivity index is 1.95. The maximum absolute atomic E-state index is 5.53. The molecule has 78 valence electrons. The van der Waals surface area contributed by atoms with E-state index in [1.54, 1.807) is 7.11 Å². The molecule has 0 amide bonds. The van der Waals surface area contributed by atoms with Crippen molar-refractivity contribution in [1.82, 2.24) is 10.2 Å². The van der Waals surface area contributed by atoms with Crippen LogP contribution in [0.25, 0.3) is 0 Å². The molecule has 0 radical (unpaired) electrons. The monoisotopic (exact) mass is 214 g/mol. The number of hydrogen-bond donors (Lipinski definition) is 1. The number of hydrogen-bond acceptors (Lipinski definition) is 6. The molecule has 0 unspecified atom stereocenters. The van der Waals surface area contributed by atoms with Gasteiger partial charge in [-0.2, -0.15) is 0 Å². The summed E-state index contributed by atoms with van der Waals surface area (Å²) < 4.78 is 5.30. The number of nitrogens with zero attached hydrogens (tertiary/aromatic N) is 3. The number of anilines is 2. The van der Waals surface area contributed by atoms with Crippen molar-refractivity contribution in [2.24, 2.45) is 0 Å². The molecule has 2 N–H and O–H groups in total. The van der Waals surface area contributed by atoms with Gasteiger partial charge in [0.15, 0.2) is 0 Å². The SMILES string of the molecule is COC1CCN(c2nnc(N)s2)CC1. The third-order valence-electron chi connectivity index (χ3n) is 2.48. The Morgan fingerprint density at radius 3 is 2.64 bits per heavy atom. The van der Waals surface area contributed by atoms with Gasteiger partial charge < -0.3 is 15.4 Å². The summed E-state index contributed by atoms with van der Waals surface area (Å²) in [7, 11) is 1.77. The highest BCUT2D eigenvalue weighted by Gasteiger charge is 2.20. The van der Waals surface area contributed by atoms with Crippen LogP contribution in [0.15, 0.2) is 0 Å². The summed E-state index contributed by atoms with van der Waals surface area (Å²) in [5, 5.41) is 9.29. The second kappa shape index (κ2) is 4.10. The van der Waals surface area contributed by atoms with E-state index in [0.29, 0.717) is 11.2 Å². The van der Waals surface area contributed by atoms with E-state index in [0.717, 1.165) is 31.1 Å². The molecule has 0 aliphatic carbocycles. The lowest BCUT2D eigenvalue weighted by molar-refractivity contribution is 0.0819. The van der Waals surface area contributed by atoms with E-state index in [9.17, 15) is 0 Å². The first-order valence-electron chi connectivity index (χ1n) is 4.66. The summed E-state index contributed by atoms with van der Waals surface area (Å²) in [6.45, 7) is 1.96. The summed E-state index contributed by atoms with van der Waals surface area (Å²) >= 11 is 1.44. The van der Waals surface area contributed by atoms with Gasteiger partial charge in [-0.25, -0.2) is 0 Å². The second-order valence-corrected chi connectivity index (χ2v) is 4.33. The number of nitrogen functional groups attached to an aromatic ring is 1. The molecular weight excluding hydrogens is 200 g/mol. The fourth-order valence-corrected chi connectivity index (χ4v) is 2.30. The minimum atomic E-state index is 0.400. The third-order valence-corrected chi connectivity index (χ3v) is 3.29. The van der Waals surface area contributed by atoms with Crippen molar-refractivity contribution in [3.05, 3.63) is 0 Å². The van der Waals surface area contributed by atoms with Crippen molar-refractivity contribution < 1.29 is 4.74 Å². The van der Waals surface area contributed by atoms with Crippen LogP contribution in [0.2, 0.25) is 0 Å². The number of rotatable bonds is 2. The molecule has 1 saturated heterocycles. The van der Waals surface area contributed by atoms with Crippen LogP contribution in [0.1, 0.15) is 12.8 Å². The summed E-state index contributed by atoms with van der Waals surface area (Å²) in [6, 6.07) is 0. The third kappa shape index (κ3) is 1.96. The Kier molecular flexibility index (Phi) is 2.83. The normalized spacial score (nSPS) is 18.8. The van der Waals surface area contributed by atoms with E-state index in [-0.39, 0.29) is 0 Å². The van der Waals surface area contributed by atoms with Crippen LogP contribution in [-0.2, 0) is 4.74 Å². The van der Waals surface area contributed by atoms with E-state index in [4.69, 9.17) is 10.5 Å². The Morgan fingerprint density at radius 2 is 2.14 bits per heavy atom. The van der Waals surface area contributed by atoms with Gasteiger partial charge in [-0.15, -0.1) is 10.2 Å². The fourth-order valence-electron chi connectivity index (χ4n) is 1.64. The lowest BCUT2D eigenvalue weighted by atomic mass is 10.1. The van der Waals surface area contributed by atoms with E-state index in [2.05, 4.69) is 15.1 Å². The summed E-state index contributed by atoms with van der Waals surface area (Å²) in [5.41, 5.74) is 5.53. The number of piperidine rings is 1. The fraction of sp³-hybridized carbons (Fsp3) is 0.750. The highest BCUT2D eigenvalue weighted by atomic mass is 32.1. The van der Waals surface area contributed by atoms with E-state index < -0.39 is 0 Å². The average molecular weight is 214 g/mol. The zero-order valence-corrected chi connectivity index (χ0v) is 8.96. The van der Waals surface area contributed by atoms with E-state index in [1.165, 1.54) is 11.3 Å². The van der Waals surface area contributed by atoms with Gasteiger partial charge in [0.25, 0.3) is 0 Å². The second-order valence-electron chi connectivity index (χ2n) is 3.34. The standard InChI is InChI=1S/C8H14N4OS/c1-13-6-2-4-12(5-3-6)8-11-10-7(9)14-8/h6H,2-5H2,1H3,(H2,9,10). The Hall–Kier alpha value is -0.880. The molecule has 1 aliphatic rings. The van der Waals surface area contributed by atoms with Gasteiger partial charge in [0, 0.05) is 20.2 Å². The Labute approximate surface area is 86.9 Å². The van der Waals surface area contributed by atoms with Crippen molar-refractivity contribution in [3.63, 3.8) is 0 Å². The zero-order valence-electron chi connectivity index (χ0n) is 8.14. The van der Waals surface area contributed by atoms with Crippen LogP contribution in [0.4, 0.5) is 10.3 Å². The predicted octanol–water partition coefficient (Wildman–Crippen LogP) is 0.735. The first kappa shape index (κ1) is 9.67. The first-order chi connectivity index (χ1) is 6.79. The minimum Gasteiger partial charge on any atom is -0.381 e. The minimum absolute atomic E-state index is 0.400. The Morgan fingerprint density at radius 1 is 1.43 bits per heavy atom. The lowest BCUT2D eigenvalue weighted by Gasteiger charge is -2.30. The number of methoxy groups -OCH3 is 1. The molecule has 0 saturated carbocycles. The predicted molar refractivity (Wildman–Crippen MR) is 56.6 cm³/mol. The smallest absolute Gasteiger partial charge is 0.209 e. The molecule has 0 bridgehead atoms. The average Bonchev–Trinajstić information content (AvgIpc) is 2.65. The molecular formula is C8H14N4OS. The summed E-state index contributed by atoms with van der Waals surface area (Å²) in [6.07, 6.45) is 2.50. The van der Waals surface area contributed by atoms with E-state index in [1.807, 2.05) is 0 Å². The molecule has 0 atom stereocenters. The molecule has 6 heteroatoms. The lowest BCUT2D eigenvalue weighted by Crippen LogP contribution is -2.36. The van der Waals surface area contributed by atoms with Crippen molar-refractivity contribution >= 4 is 21.6 Å². The molecule has 2 heterocycles. The van der Waals surface area contributed by atoms with Crippen molar-refractivity contribution in [2.75, 3.05) is 30.8 Å². The maximum atomic E-state index is 5.53. The zero-order chi connectivity index (χ0) is 9.97. The highest BCUT2D eigenvalue weighted by Crippen LogP contribution is 2.25. The van der Waals surface area contributed by atoms with Crippen LogP contribution in [0.3, 0.4) is 0 Å². The van der Waals surface area contributed by atoms with Crippen molar-refractivity contribution in [2.45, 2.75) is 18.9 Å². The summed E-state index contributed by atoms with van der Waals surface area (Å²) in [5.74, 6) is 0. The molecule has 0 aromatic carbocycles. The molecule has 1 aromatic rings. The molecule has 1 aromatic heterocycles. The van der Waals surface area contributed by atoms with Crippen LogP contribution in [-0.4, -0.2) is 36.5 Å². The van der Waals surface area contributed by atoms with Crippen LogP contribution in [0.5, 0.6) is 0 Å². The molecule has 5 nitrogen and oxygen atoms in total. The van der Waals surface area contributed by atoms with Gasteiger partial charge in [0.1, 0.15) is 0 Å². The maximum Gasteiger partial charge on any atom is 0.209 e. The number of aromatic nitrogens is 2. The molecule has 2 rings (SSSR count). The van der Waals surface area contributed by atoms with Crippen LogP contribution >= 0.6 is 11.3 Å². The number of ether oxygens (including phenoxy) is 1. The molecule has 0 spiro atoms. The van der Waals surface area contributed by atoms with Crippen molar-refractivity contribution in [3.8, 4) is 0 Å². The van der Waals surface area contributed by atoms with Crippen LogP contribution < -0.4 is 10.6 Å².